The summed E-state index contributed by atoms with van der Waals surface area (Å²) in [4.78, 5) is 11.7. The second kappa shape index (κ2) is 6.90. The zero-order valence-corrected chi connectivity index (χ0v) is 12.5. The van der Waals surface area contributed by atoms with E-state index in [0.29, 0.717) is 19.4 Å². The smallest absolute Gasteiger partial charge is 0.224 e. The Balaban J connectivity index is 2.40. The van der Waals surface area contributed by atoms with Crippen molar-refractivity contribution < 1.29 is 9.90 Å². The van der Waals surface area contributed by atoms with E-state index in [1.54, 1.807) is 6.92 Å². The van der Waals surface area contributed by atoms with Crippen LogP contribution < -0.4 is 5.32 Å². The predicted molar refractivity (Wildman–Crippen MR) is 76.4 cm³/mol. The fourth-order valence-electron chi connectivity index (χ4n) is 1.77. The Morgan fingerprint density at radius 2 is 2.00 bits per heavy atom. The van der Waals surface area contributed by atoms with Crippen LogP contribution >= 0.6 is 15.9 Å². The van der Waals surface area contributed by atoms with Crippen LogP contribution in [0.4, 0.5) is 0 Å². The summed E-state index contributed by atoms with van der Waals surface area (Å²) in [6, 6.07) is 7.65. The van der Waals surface area contributed by atoms with Gasteiger partial charge in [0, 0.05) is 11.0 Å². The topological polar surface area (TPSA) is 49.3 Å². The molecule has 0 spiro atoms. The van der Waals surface area contributed by atoms with E-state index in [0.717, 1.165) is 16.5 Å². The van der Waals surface area contributed by atoms with E-state index in [1.807, 2.05) is 31.2 Å². The third-order valence-electron chi connectivity index (χ3n) is 2.73. The molecule has 1 unspecified atom stereocenters. The Hall–Kier alpha value is -0.870. The standard InChI is InChI=1S/C14H20BrNO2/c1-3-8-14(2,18)10-16-13(17)9-11-4-6-12(15)7-5-11/h4-7,18H,3,8-10H2,1-2H3,(H,16,17). The van der Waals surface area contributed by atoms with Gasteiger partial charge in [-0.05, 0) is 31.0 Å². The predicted octanol–water partition coefficient (Wildman–Crippen LogP) is 2.66. The van der Waals surface area contributed by atoms with Crippen LogP contribution in [-0.2, 0) is 11.2 Å². The Bertz CT molecular complexity index is 387. The first kappa shape index (κ1) is 15.2. The van der Waals surface area contributed by atoms with Crippen LogP contribution in [0, 0.1) is 0 Å². The van der Waals surface area contributed by atoms with Crippen molar-refractivity contribution in [1.82, 2.24) is 5.32 Å². The van der Waals surface area contributed by atoms with Gasteiger partial charge >= 0.3 is 0 Å². The molecular weight excluding hydrogens is 294 g/mol. The second-order valence-corrected chi connectivity index (χ2v) is 5.74. The highest BCUT2D eigenvalue weighted by Gasteiger charge is 2.19. The first-order chi connectivity index (χ1) is 8.43. The molecule has 0 radical (unpaired) electrons. The van der Waals surface area contributed by atoms with Crippen LogP contribution in [0.3, 0.4) is 0 Å². The van der Waals surface area contributed by atoms with Gasteiger partial charge in [0.1, 0.15) is 0 Å². The third-order valence-corrected chi connectivity index (χ3v) is 3.26. The minimum Gasteiger partial charge on any atom is -0.388 e. The number of hydrogen-bond donors (Lipinski definition) is 2. The highest BCUT2D eigenvalue weighted by molar-refractivity contribution is 9.10. The number of carbonyl (C=O) groups is 1. The van der Waals surface area contributed by atoms with Crippen molar-refractivity contribution >= 4 is 21.8 Å². The molecule has 100 valence electrons. The number of nitrogens with one attached hydrogen (secondary N) is 1. The molecule has 1 atom stereocenters. The molecule has 0 aliphatic heterocycles. The summed E-state index contributed by atoms with van der Waals surface area (Å²) >= 11 is 3.35. The van der Waals surface area contributed by atoms with Crippen LogP contribution in [-0.4, -0.2) is 23.2 Å². The van der Waals surface area contributed by atoms with Crippen molar-refractivity contribution in [3.05, 3.63) is 34.3 Å². The van der Waals surface area contributed by atoms with E-state index >= 15 is 0 Å². The van der Waals surface area contributed by atoms with Crippen LogP contribution in [0.15, 0.2) is 28.7 Å². The highest BCUT2D eigenvalue weighted by atomic mass is 79.9. The molecule has 0 fully saturated rings. The molecule has 2 N–H and O–H groups in total. The molecule has 1 rings (SSSR count). The molecular formula is C14H20BrNO2. The van der Waals surface area contributed by atoms with Crippen molar-refractivity contribution in [2.75, 3.05) is 6.54 Å². The van der Waals surface area contributed by atoms with Crippen molar-refractivity contribution in [3.63, 3.8) is 0 Å². The third kappa shape index (κ3) is 5.65. The van der Waals surface area contributed by atoms with E-state index in [4.69, 9.17) is 0 Å². The van der Waals surface area contributed by atoms with Crippen molar-refractivity contribution in [1.29, 1.82) is 0 Å². The molecule has 4 heteroatoms. The van der Waals surface area contributed by atoms with Gasteiger partial charge in [-0.2, -0.15) is 0 Å². The second-order valence-electron chi connectivity index (χ2n) is 4.83. The quantitative estimate of drug-likeness (QED) is 0.848. The molecule has 0 aliphatic rings. The van der Waals surface area contributed by atoms with Gasteiger partial charge in [-0.15, -0.1) is 0 Å². The summed E-state index contributed by atoms with van der Waals surface area (Å²) in [7, 11) is 0. The Morgan fingerprint density at radius 3 is 2.56 bits per heavy atom. The number of rotatable bonds is 6. The molecule has 0 saturated carbocycles. The highest BCUT2D eigenvalue weighted by Crippen LogP contribution is 2.12. The molecule has 18 heavy (non-hydrogen) atoms. The van der Waals surface area contributed by atoms with Gasteiger partial charge in [-0.25, -0.2) is 0 Å². The number of carbonyl (C=O) groups excluding carboxylic acids is 1. The summed E-state index contributed by atoms with van der Waals surface area (Å²) in [5.74, 6) is -0.0614. The van der Waals surface area contributed by atoms with Gasteiger partial charge in [0.15, 0.2) is 0 Å². The normalized spacial score (nSPS) is 14.0. The van der Waals surface area contributed by atoms with Gasteiger partial charge in [0.2, 0.25) is 5.91 Å². The Morgan fingerprint density at radius 1 is 1.39 bits per heavy atom. The first-order valence-corrected chi connectivity index (χ1v) is 6.96. The van der Waals surface area contributed by atoms with Crippen LogP contribution in [0.25, 0.3) is 0 Å². The number of aliphatic hydroxyl groups is 1. The van der Waals surface area contributed by atoms with Crippen LogP contribution in [0.1, 0.15) is 32.3 Å². The van der Waals surface area contributed by atoms with Gasteiger partial charge in [-0.1, -0.05) is 41.4 Å². The maximum atomic E-state index is 11.7. The minimum atomic E-state index is -0.815. The molecule has 1 aromatic carbocycles. The number of hydrogen-bond acceptors (Lipinski definition) is 2. The van der Waals surface area contributed by atoms with E-state index < -0.39 is 5.60 Å². The molecule has 0 aliphatic carbocycles. The van der Waals surface area contributed by atoms with E-state index in [1.165, 1.54) is 0 Å². The average Bonchev–Trinajstić information content (AvgIpc) is 2.30. The van der Waals surface area contributed by atoms with Crippen molar-refractivity contribution in [2.45, 2.75) is 38.7 Å². The minimum absolute atomic E-state index is 0.0614. The lowest BCUT2D eigenvalue weighted by Gasteiger charge is -2.22. The molecule has 1 aromatic rings. The van der Waals surface area contributed by atoms with E-state index in [9.17, 15) is 9.90 Å². The van der Waals surface area contributed by atoms with E-state index in [2.05, 4.69) is 21.2 Å². The van der Waals surface area contributed by atoms with Gasteiger partial charge in [0.25, 0.3) is 0 Å². The summed E-state index contributed by atoms with van der Waals surface area (Å²) in [6.45, 7) is 4.06. The monoisotopic (exact) mass is 313 g/mol. The van der Waals surface area contributed by atoms with Crippen LogP contribution in [0.5, 0.6) is 0 Å². The maximum Gasteiger partial charge on any atom is 0.224 e. The lowest BCUT2D eigenvalue weighted by atomic mass is 10.0. The Kier molecular flexibility index (Phi) is 5.82. The van der Waals surface area contributed by atoms with Gasteiger partial charge in [-0.3, -0.25) is 4.79 Å². The fraction of sp³-hybridized carbons (Fsp3) is 0.500. The summed E-state index contributed by atoms with van der Waals surface area (Å²) in [6.07, 6.45) is 1.93. The molecule has 0 heterocycles. The summed E-state index contributed by atoms with van der Waals surface area (Å²) in [5, 5.41) is 12.7. The van der Waals surface area contributed by atoms with Crippen molar-refractivity contribution in [2.24, 2.45) is 0 Å². The maximum absolute atomic E-state index is 11.7. The summed E-state index contributed by atoms with van der Waals surface area (Å²) < 4.78 is 0.998. The molecule has 3 nitrogen and oxygen atoms in total. The largest absolute Gasteiger partial charge is 0.388 e. The van der Waals surface area contributed by atoms with E-state index in [-0.39, 0.29) is 5.91 Å². The number of amides is 1. The lowest BCUT2D eigenvalue weighted by Crippen LogP contribution is -2.41. The molecule has 1 amide bonds. The fourth-order valence-corrected chi connectivity index (χ4v) is 2.03. The Labute approximate surface area is 117 Å². The first-order valence-electron chi connectivity index (χ1n) is 6.16. The van der Waals surface area contributed by atoms with Crippen molar-refractivity contribution in [3.8, 4) is 0 Å². The number of benzene rings is 1. The van der Waals surface area contributed by atoms with Gasteiger partial charge < -0.3 is 10.4 Å². The average molecular weight is 314 g/mol. The van der Waals surface area contributed by atoms with Crippen LogP contribution in [0.2, 0.25) is 0 Å². The number of halogens is 1. The molecule has 0 bridgehead atoms. The zero-order chi connectivity index (χ0) is 13.6. The summed E-state index contributed by atoms with van der Waals surface area (Å²) in [5.41, 5.74) is 0.148. The lowest BCUT2D eigenvalue weighted by molar-refractivity contribution is -0.121. The zero-order valence-electron chi connectivity index (χ0n) is 10.9. The molecule has 0 saturated heterocycles. The van der Waals surface area contributed by atoms with Gasteiger partial charge in [0.05, 0.1) is 12.0 Å². The molecule has 0 aromatic heterocycles. The SMILES string of the molecule is CCCC(C)(O)CNC(=O)Cc1ccc(Br)cc1.